The number of aromatic nitrogens is 1. The molecule has 3 amide bonds. The Morgan fingerprint density at radius 1 is 1.18 bits per heavy atom. The maximum absolute atomic E-state index is 13.7. The van der Waals surface area contributed by atoms with E-state index in [9.17, 15) is 19.5 Å². The Labute approximate surface area is 230 Å². The van der Waals surface area contributed by atoms with Crippen LogP contribution < -0.4 is 10.1 Å². The predicted molar refractivity (Wildman–Crippen MR) is 146 cm³/mol. The van der Waals surface area contributed by atoms with Gasteiger partial charge in [-0.3, -0.25) is 14.4 Å². The summed E-state index contributed by atoms with van der Waals surface area (Å²) in [6.45, 7) is 11.8. The van der Waals surface area contributed by atoms with Crippen molar-refractivity contribution in [1.82, 2.24) is 20.1 Å². The highest BCUT2D eigenvalue weighted by Crippen LogP contribution is 2.25. The fraction of sp³-hybridized carbons (Fsp3) is 0.586. The second-order valence-electron chi connectivity index (χ2n) is 11.2. The Kier molecular flexibility index (Phi) is 10.1. The Bertz CT molecular complexity index is 1140. The molecule has 0 unspecified atom stereocenters. The maximum atomic E-state index is 13.7. The third kappa shape index (κ3) is 7.59. The monoisotopic (exact) mass is 542 g/mol. The number of amides is 3. The summed E-state index contributed by atoms with van der Waals surface area (Å²) in [5.74, 6) is 0.677. The van der Waals surface area contributed by atoms with Gasteiger partial charge >= 0.3 is 0 Å². The normalized spacial score (nSPS) is 18.1. The summed E-state index contributed by atoms with van der Waals surface area (Å²) in [5.41, 5.74) is 0.267. The fourth-order valence-corrected chi connectivity index (χ4v) is 4.49. The van der Waals surface area contributed by atoms with Crippen molar-refractivity contribution in [3.8, 4) is 5.75 Å². The highest BCUT2D eigenvalue weighted by Gasteiger charge is 2.43. The van der Waals surface area contributed by atoms with Gasteiger partial charge in [-0.1, -0.05) is 39.8 Å². The fourth-order valence-electron chi connectivity index (χ4n) is 4.49. The van der Waals surface area contributed by atoms with Crippen LogP contribution in [0, 0.1) is 5.92 Å². The van der Waals surface area contributed by atoms with Crippen LogP contribution in [0.1, 0.15) is 82.3 Å². The van der Waals surface area contributed by atoms with Gasteiger partial charge < -0.3 is 29.4 Å². The minimum atomic E-state index is -0.879. The number of oxazole rings is 1. The molecule has 214 valence electrons. The Balaban J connectivity index is 1.77. The van der Waals surface area contributed by atoms with Gasteiger partial charge in [0.05, 0.1) is 17.9 Å². The summed E-state index contributed by atoms with van der Waals surface area (Å²) in [4.78, 5) is 47.5. The first-order chi connectivity index (χ1) is 18.4. The number of carbonyl (C=O) groups is 3. The van der Waals surface area contributed by atoms with E-state index in [0.29, 0.717) is 18.1 Å². The van der Waals surface area contributed by atoms with Crippen molar-refractivity contribution in [2.24, 2.45) is 5.92 Å². The molecule has 2 aromatic rings. The molecule has 10 nitrogen and oxygen atoms in total. The molecule has 0 saturated carbocycles. The second-order valence-corrected chi connectivity index (χ2v) is 11.2. The number of nitrogens with zero attached hydrogens (tertiary/aromatic N) is 3. The van der Waals surface area contributed by atoms with E-state index in [1.807, 2.05) is 41.5 Å². The number of nitrogens with one attached hydrogen (secondary N) is 1. The molecule has 1 aromatic heterocycles. The average molecular weight is 543 g/mol. The van der Waals surface area contributed by atoms with Crippen molar-refractivity contribution in [3.05, 3.63) is 47.7 Å². The number of aliphatic hydroxyl groups excluding tert-OH is 1. The summed E-state index contributed by atoms with van der Waals surface area (Å²) >= 11 is 0. The Hall–Kier alpha value is -3.40. The number of aliphatic hydroxyl groups is 1. The molecular formula is C29H42N4O6. The van der Waals surface area contributed by atoms with Crippen molar-refractivity contribution in [2.45, 2.75) is 91.1 Å². The van der Waals surface area contributed by atoms with Crippen molar-refractivity contribution in [2.75, 3.05) is 13.6 Å². The van der Waals surface area contributed by atoms with Crippen molar-refractivity contribution in [3.63, 3.8) is 0 Å². The van der Waals surface area contributed by atoms with Crippen LogP contribution >= 0.6 is 0 Å². The lowest BCUT2D eigenvalue weighted by atomic mass is 10.0. The molecule has 3 atom stereocenters. The number of likely N-dealkylation sites (tertiary alicyclic amines) is 1. The highest BCUT2D eigenvalue weighted by molar-refractivity contribution is 6.00. The summed E-state index contributed by atoms with van der Waals surface area (Å²) in [6.07, 6.45) is 1.39. The standard InChI is InChI=1S/C29H42N4O6/c1-17(2)12-22(28(36)33-15-20(34)13-23(33)29(37)32(7)19(5)6)31-27(35)21-10-8-9-11-24(21)38-16-26-30-14-25(39-26)18(3)4/h8-11,14,17-20,22-23,34H,12-13,15-16H2,1-7H3,(H,31,35)/t20-,22+,23+/m0/s1. The molecule has 0 aliphatic carbocycles. The molecule has 1 aromatic carbocycles. The summed E-state index contributed by atoms with van der Waals surface area (Å²) in [7, 11) is 1.69. The lowest BCUT2D eigenvalue weighted by molar-refractivity contribution is -0.145. The molecule has 1 aliphatic heterocycles. The molecule has 1 saturated heterocycles. The van der Waals surface area contributed by atoms with Crippen LogP contribution in [0.25, 0.3) is 0 Å². The van der Waals surface area contributed by atoms with Gasteiger partial charge in [0.25, 0.3) is 5.91 Å². The van der Waals surface area contributed by atoms with E-state index >= 15 is 0 Å². The van der Waals surface area contributed by atoms with E-state index in [1.165, 1.54) is 4.90 Å². The second kappa shape index (κ2) is 13.1. The first-order valence-corrected chi connectivity index (χ1v) is 13.6. The van der Waals surface area contributed by atoms with Gasteiger partial charge in [0, 0.05) is 32.0 Å². The topological polar surface area (TPSA) is 125 Å². The van der Waals surface area contributed by atoms with Crippen molar-refractivity contribution >= 4 is 17.7 Å². The lowest BCUT2D eigenvalue weighted by Crippen LogP contribution is -2.54. The van der Waals surface area contributed by atoms with Gasteiger partial charge in [-0.15, -0.1) is 0 Å². The van der Waals surface area contributed by atoms with E-state index in [-0.39, 0.29) is 54.8 Å². The Morgan fingerprint density at radius 2 is 1.87 bits per heavy atom. The van der Waals surface area contributed by atoms with Crippen LogP contribution in [0.3, 0.4) is 0 Å². The van der Waals surface area contributed by atoms with Gasteiger partial charge in [-0.05, 0) is 38.3 Å². The van der Waals surface area contributed by atoms with Crippen LogP contribution in [0.5, 0.6) is 5.75 Å². The zero-order chi connectivity index (χ0) is 28.9. The lowest BCUT2D eigenvalue weighted by Gasteiger charge is -2.32. The molecule has 0 radical (unpaired) electrons. The van der Waals surface area contributed by atoms with Crippen LogP contribution in [-0.2, 0) is 16.2 Å². The van der Waals surface area contributed by atoms with E-state index in [0.717, 1.165) is 5.76 Å². The van der Waals surface area contributed by atoms with Gasteiger partial charge in [0.2, 0.25) is 17.7 Å². The van der Waals surface area contributed by atoms with Crippen LogP contribution in [-0.4, -0.2) is 75.4 Å². The average Bonchev–Trinajstić information content (AvgIpc) is 3.52. The Morgan fingerprint density at radius 3 is 2.49 bits per heavy atom. The maximum Gasteiger partial charge on any atom is 0.255 e. The third-order valence-electron chi connectivity index (χ3n) is 6.90. The van der Waals surface area contributed by atoms with Crippen LogP contribution in [0.15, 0.2) is 34.9 Å². The van der Waals surface area contributed by atoms with Gasteiger partial charge in [0.1, 0.15) is 23.6 Å². The molecule has 1 fully saturated rings. The zero-order valence-electron chi connectivity index (χ0n) is 24.0. The number of para-hydroxylation sites is 1. The predicted octanol–water partition coefficient (Wildman–Crippen LogP) is 3.35. The molecule has 0 spiro atoms. The third-order valence-corrected chi connectivity index (χ3v) is 6.90. The summed E-state index contributed by atoms with van der Waals surface area (Å²) in [6, 6.07) is 5.06. The smallest absolute Gasteiger partial charge is 0.255 e. The van der Waals surface area contributed by atoms with E-state index < -0.39 is 24.1 Å². The first-order valence-electron chi connectivity index (χ1n) is 13.6. The van der Waals surface area contributed by atoms with Crippen molar-refractivity contribution in [1.29, 1.82) is 0 Å². The molecule has 1 aliphatic rings. The SMILES string of the molecule is CC(C)C[C@@H](NC(=O)c1ccccc1OCc1ncc(C(C)C)o1)C(=O)N1C[C@@H](O)C[C@@H]1C(=O)N(C)C(C)C. The van der Waals surface area contributed by atoms with E-state index in [2.05, 4.69) is 10.3 Å². The summed E-state index contributed by atoms with van der Waals surface area (Å²) in [5, 5.41) is 13.2. The largest absolute Gasteiger partial charge is 0.483 e. The number of rotatable bonds is 11. The van der Waals surface area contributed by atoms with E-state index in [1.54, 1.807) is 42.4 Å². The number of likely N-dealkylation sites (N-methyl/N-ethyl adjacent to an activating group) is 1. The number of carbonyl (C=O) groups excluding carboxylic acids is 3. The molecule has 10 heteroatoms. The van der Waals surface area contributed by atoms with Crippen LogP contribution in [0.2, 0.25) is 0 Å². The number of ether oxygens (including phenoxy) is 1. The molecular weight excluding hydrogens is 500 g/mol. The van der Waals surface area contributed by atoms with Crippen molar-refractivity contribution < 1.29 is 28.6 Å². The van der Waals surface area contributed by atoms with Gasteiger partial charge in [-0.25, -0.2) is 4.98 Å². The number of hydrogen-bond acceptors (Lipinski definition) is 7. The molecule has 0 bridgehead atoms. The van der Waals surface area contributed by atoms with Crippen LogP contribution in [0.4, 0.5) is 0 Å². The van der Waals surface area contributed by atoms with E-state index in [4.69, 9.17) is 9.15 Å². The quantitative estimate of drug-likeness (QED) is 0.446. The highest BCUT2D eigenvalue weighted by atomic mass is 16.5. The minimum absolute atomic E-state index is 0.0415. The number of benzene rings is 1. The molecule has 2 heterocycles. The molecule has 3 rings (SSSR count). The minimum Gasteiger partial charge on any atom is -0.483 e. The van der Waals surface area contributed by atoms with Gasteiger partial charge in [-0.2, -0.15) is 0 Å². The molecule has 39 heavy (non-hydrogen) atoms. The number of β-amino-alcohol motifs (C(OH)–C–C–N with tert-alkyl or cyclic N) is 1. The first kappa shape index (κ1) is 30.1. The summed E-state index contributed by atoms with van der Waals surface area (Å²) < 4.78 is 11.6. The number of hydrogen-bond donors (Lipinski definition) is 2. The molecule has 2 N–H and O–H groups in total. The van der Waals surface area contributed by atoms with Gasteiger partial charge in [0.15, 0.2) is 6.61 Å². The zero-order valence-corrected chi connectivity index (χ0v) is 24.0.